The van der Waals surface area contributed by atoms with Crippen molar-refractivity contribution in [1.29, 1.82) is 0 Å². The second kappa shape index (κ2) is 12.0. The molecule has 7 nitrogen and oxygen atoms in total. The molecule has 1 heterocycles. The SMILES string of the molecule is CCCNc1nc(Nc2cccc(F)c2)ncc1C#CC(C)(C)CCNC(=O)[C@H](C)NC. The molecule has 1 aromatic heterocycles. The minimum Gasteiger partial charge on any atom is -0.369 e. The molecule has 1 atom stereocenters. The highest BCUT2D eigenvalue weighted by atomic mass is 19.1. The van der Waals surface area contributed by atoms with Crippen molar-refractivity contribution in [2.24, 2.45) is 5.41 Å². The first-order chi connectivity index (χ1) is 15.2. The summed E-state index contributed by atoms with van der Waals surface area (Å²) in [6.45, 7) is 9.24. The number of rotatable bonds is 10. The average Bonchev–Trinajstić information content (AvgIpc) is 2.76. The molecule has 0 bridgehead atoms. The molecule has 172 valence electrons. The van der Waals surface area contributed by atoms with Crippen LogP contribution in [0.3, 0.4) is 0 Å². The number of amides is 1. The first kappa shape index (κ1) is 25.1. The number of likely N-dealkylation sites (N-methyl/N-ethyl adjacent to an activating group) is 1. The number of aromatic nitrogens is 2. The van der Waals surface area contributed by atoms with Gasteiger partial charge in [0.25, 0.3) is 0 Å². The Morgan fingerprint density at radius 2 is 2.06 bits per heavy atom. The maximum Gasteiger partial charge on any atom is 0.236 e. The molecule has 32 heavy (non-hydrogen) atoms. The van der Waals surface area contributed by atoms with Gasteiger partial charge in [0.05, 0.1) is 17.8 Å². The van der Waals surface area contributed by atoms with Gasteiger partial charge in [0.15, 0.2) is 0 Å². The standard InChI is InChI=1S/C24H33FN6O/c1-6-13-27-21-18(10-11-24(3,4)12-14-28-22(32)17(2)26-5)16-29-23(31-21)30-20-9-7-8-19(25)15-20/h7-9,15-17,26H,6,12-14H2,1-5H3,(H,28,32)(H2,27,29,30,31)/t17-/m0/s1. The van der Waals surface area contributed by atoms with E-state index >= 15 is 0 Å². The van der Waals surface area contributed by atoms with Crippen LogP contribution >= 0.6 is 0 Å². The fraction of sp³-hybridized carbons (Fsp3) is 0.458. The average molecular weight is 441 g/mol. The van der Waals surface area contributed by atoms with Gasteiger partial charge in [0, 0.05) is 24.2 Å². The van der Waals surface area contributed by atoms with Crippen molar-refractivity contribution in [1.82, 2.24) is 20.6 Å². The van der Waals surface area contributed by atoms with Crippen molar-refractivity contribution >= 4 is 23.4 Å². The summed E-state index contributed by atoms with van der Waals surface area (Å²) in [4.78, 5) is 20.8. The predicted octanol–water partition coefficient (Wildman–Crippen LogP) is 3.67. The number of benzene rings is 1. The van der Waals surface area contributed by atoms with E-state index in [0.29, 0.717) is 36.0 Å². The van der Waals surface area contributed by atoms with Gasteiger partial charge in [-0.15, -0.1) is 0 Å². The second-order valence-corrected chi connectivity index (χ2v) is 8.20. The van der Waals surface area contributed by atoms with E-state index < -0.39 is 0 Å². The molecule has 0 aliphatic carbocycles. The molecule has 0 unspecified atom stereocenters. The summed E-state index contributed by atoms with van der Waals surface area (Å²) in [5, 5.41) is 12.1. The van der Waals surface area contributed by atoms with E-state index in [-0.39, 0.29) is 23.2 Å². The number of nitrogens with zero attached hydrogens (tertiary/aromatic N) is 2. The zero-order chi connectivity index (χ0) is 23.6. The fourth-order valence-corrected chi connectivity index (χ4v) is 2.69. The van der Waals surface area contributed by atoms with Gasteiger partial charge in [-0.2, -0.15) is 4.98 Å². The van der Waals surface area contributed by atoms with Gasteiger partial charge in [-0.25, -0.2) is 9.37 Å². The molecule has 0 aliphatic heterocycles. The van der Waals surface area contributed by atoms with Crippen molar-refractivity contribution in [2.45, 2.75) is 46.6 Å². The number of hydrogen-bond acceptors (Lipinski definition) is 6. The van der Waals surface area contributed by atoms with Crippen molar-refractivity contribution in [3.8, 4) is 11.8 Å². The minimum atomic E-state index is -0.333. The van der Waals surface area contributed by atoms with Gasteiger partial charge < -0.3 is 21.3 Å². The number of carbonyl (C=O) groups is 1. The lowest BCUT2D eigenvalue weighted by Crippen LogP contribution is -2.41. The Labute approximate surface area is 190 Å². The molecule has 2 rings (SSSR count). The molecule has 1 amide bonds. The van der Waals surface area contributed by atoms with E-state index in [2.05, 4.69) is 50.0 Å². The van der Waals surface area contributed by atoms with E-state index in [4.69, 9.17) is 0 Å². The number of anilines is 3. The molecular formula is C24H33FN6O. The zero-order valence-electron chi connectivity index (χ0n) is 19.5. The topological polar surface area (TPSA) is 91.0 Å². The number of carbonyl (C=O) groups excluding carboxylic acids is 1. The molecule has 8 heteroatoms. The highest BCUT2D eigenvalue weighted by Gasteiger charge is 2.16. The van der Waals surface area contributed by atoms with Crippen LogP contribution in [0.15, 0.2) is 30.5 Å². The second-order valence-electron chi connectivity index (χ2n) is 8.20. The first-order valence-corrected chi connectivity index (χ1v) is 10.9. The molecule has 1 aromatic carbocycles. The Morgan fingerprint density at radius 1 is 1.28 bits per heavy atom. The van der Waals surface area contributed by atoms with E-state index in [1.807, 2.05) is 20.8 Å². The monoisotopic (exact) mass is 440 g/mol. The summed E-state index contributed by atoms with van der Waals surface area (Å²) in [6.07, 6.45) is 3.30. The van der Waals surface area contributed by atoms with Crippen LogP contribution in [-0.4, -0.2) is 42.1 Å². The van der Waals surface area contributed by atoms with Gasteiger partial charge in [0.2, 0.25) is 11.9 Å². The minimum absolute atomic E-state index is 0.0305. The van der Waals surface area contributed by atoms with Crippen molar-refractivity contribution in [3.05, 3.63) is 41.8 Å². The van der Waals surface area contributed by atoms with Crippen molar-refractivity contribution < 1.29 is 9.18 Å². The summed E-state index contributed by atoms with van der Waals surface area (Å²) in [7, 11) is 1.75. The predicted molar refractivity (Wildman–Crippen MR) is 127 cm³/mol. The van der Waals surface area contributed by atoms with Crippen LogP contribution in [0.25, 0.3) is 0 Å². The van der Waals surface area contributed by atoms with Crippen LogP contribution in [0.4, 0.5) is 21.8 Å². The lowest BCUT2D eigenvalue weighted by Gasteiger charge is -2.19. The van der Waals surface area contributed by atoms with Crippen molar-refractivity contribution in [3.63, 3.8) is 0 Å². The van der Waals surface area contributed by atoms with E-state index in [9.17, 15) is 9.18 Å². The van der Waals surface area contributed by atoms with E-state index in [0.717, 1.165) is 13.0 Å². The molecule has 0 radical (unpaired) electrons. The van der Waals surface area contributed by atoms with E-state index in [1.165, 1.54) is 12.1 Å². The van der Waals surface area contributed by atoms with Crippen LogP contribution < -0.4 is 21.3 Å². The summed E-state index contributed by atoms with van der Waals surface area (Å²) in [5.74, 6) is 7.09. The first-order valence-electron chi connectivity index (χ1n) is 10.9. The van der Waals surface area contributed by atoms with Crippen molar-refractivity contribution in [2.75, 3.05) is 30.8 Å². The number of halogens is 1. The third-order valence-electron chi connectivity index (χ3n) is 4.82. The molecule has 0 saturated heterocycles. The van der Waals surface area contributed by atoms with Crippen LogP contribution in [-0.2, 0) is 4.79 Å². The van der Waals surface area contributed by atoms with Crippen LogP contribution in [0.2, 0.25) is 0 Å². The Kier molecular flexibility index (Phi) is 9.41. The summed E-state index contributed by atoms with van der Waals surface area (Å²) >= 11 is 0. The van der Waals surface area contributed by atoms with Crippen LogP contribution in [0, 0.1) is 23.1 Å². The zero-order valence-corrected chi connectivity index (χ0v) is 19.5. The Bertz CT molecular complexity index is 966. The quantitative estimate of drug-likeness (QED) is 0.422. The summed E-state index contributed by atoms with van der Waals surface area (Å²) < 4.78 is 13.4. The normalized spacial score (nSPS) is 11.8. The number of nitrogens with one attached hydrogen (secondary N) is 4. The third kappa shape index (κ3) is 8.16. The molecule has 0 spiro atoms. The summed E-state index contributed by atoms with van der Waals surface area (Å²) in [6, 6.07) is 5.91. The Balaban J connectivity index is 2.12. The highest BCUT2D eigenvalue weighted by molar-refractivity contribution is 5.81. The summed E-state index contributed by atoms with van der Waals surface area (Å²) in [5.41, 5.74) is 0.946. The van der Waals surface area contributed by atoms with Gasteiger partial charge >= 0.3 is 0 Å². The fourth-order valence-electron chi connectivity index (χ4n) is 2.69. The molecule has 4 N–H and O–H groups in total. The van der Waals surface area contributed by atoms with Gasteiger partial charge in [0.1, 0.15) is 11.6 Å². The Morgan fingerprint density at radius 3 is 2.75 bits per heavy atom. The largest absolute Gasteiger partial charge is 0.369 e. The molecule has 0 aliphatic rings. The Hall–Kier alpha value is -3.18. The molecule has 0 saturated carbocycles. The maximum atomic E-state index is 13.4. The highest BCUT2D eigenvalue weighted by Crippen LogP contribution is 2.21. The smallest absolute Gasteiger partial charge is 0.236 e. The van der Waals surface area contributed by atoms with Gasteiger partial charge in [-0.3, -0.25) is 4.79 Å². The molecule has 2 aromatic rings. The molecule has 0 fully saturated rings. The molecular weight excluding hydrogens is 407 g/mol. The maximum absolute atomic E-state index is 13.4. The lowest BCUT2D eigenvalue weighted by atomic mass is 9.90. The van der Waals surface area contributed by atoms with Gasteiger partial charge in [-0.05, 0) is 58.9 Å². The third-order valence-corrected chi connectivity index (χ3v) is 4.82. The van der Waals surface area contributed by atoms with Crippen LogP contribution in [0.1, 0.15) is 46.1 Å². The van der Waals surface area contributed by atoms with Crippen LogP contribution in [0.5, 0.6) is 0 Å². The lowest BCUT2D eigenvalue weighted by molar-refractivity contribution is -0.122. The van der Waals surface area contributed by atoms with Gasteiger partial charge in [-0.1, -0.05) is 24.8 Å². The number of hydrogen-bond donors (Lipinski definition) is 4. The van der Waals surface area contributed by atoms with E-state index in [1.54, 1.807) is 25.4 Å².